The van der Waals surface area contributed by atoms with Crippen LogP contribution in [-0.2, 0) is 32.3 Å². The van der Waals surface area contributed by atoms with Crippen molar-refractivity contribution in [2.24, 2.45) is 0 Å². The van der Waals surface area contributed by atoms with Gasteiger partial charge >= 0.3 is 6.18 Å². The molecule has 0 radical (unpaired) electrons. The SMILES string of the molecule is CCNC(=O)[C@@H](C)N(Cc1cccc(OC)c1)C(=O)CCCN(c1cccc(C(F)(F)F)c1)S(C)(=O)=O. The number of rotatable bonds is 12. The summed E-state index contributed by atoms with van der Waals surface area (Å²) in [5.74, 6) is -0.167. The predicted molar refractivity (Wildman–Crippen MR) is 135 cm³/mol. The van der Waals surface area contributed by atoms with E-state index in [1.165, 1.54) is 18.1 Å². The highest BCUT2D eigenvalue weighted by Crippen LogP contribution is 2.32. The Morgan fingerprint density at radius 1 is 1.11 bits per heavy atom. The summed E-state index contributed by atoms with van der Waals surface area (Å²) in [6, 6.07) is 10.2. The van der Waals surface area contributed by atoms with Crippen molar-refractivity contribution in [3.8, 4) is 5.75 Å². The number of hydrogen-bond acceptors (Lipinski definition) is 5. The van der Waals surface area contributed by atoms with Crippen LogP contribution in [0.1, 0.15) is 37.8 Å². The molecule has 0 unspecified atom stereocenters. The Morgan fingerprint density at radius 2 is 1.78 bits per heavy atom. The monoisotopic (exact) mass is 543 g/mol. The minimum absolute atomic E-state index is 0.0267. The van der Waals surface area contributed by atoms with Gasteiger partial charge in [0.2, 0.25) is 21.8 Å². The van der Waals surface area contributed by atoms with Crippen LogP contribution in [0.15, 0.2) is 48.5 Å². The molecule has 8 nitrogen and oxygen atoms in total. The van der Waals surface area contributed by atoms with E-state index in [0.717, 1.165) is 34.3 Å². The predicted octanol–water partition coefficient (Wildman–Crippen LogP) is 3.81. The van der Waals surface area contributed by atoms with Crippen molar-refractivity contribution in [1.29, 1.82) is 0 Å². The fourth-order valence-electron chi connectivity index (χ4n) is 3.71. The molecule has 0 aliphatic heterocycles. The van der Waals surface area contributed by atoms with Gasteiger partial charge < -0.3 is 15.0 Å². The smallest absolute Gasteiger partial charge is 0.416 e. The highest BCUT2D eigenvalue weighted by atomic mass is 32.2. The van der Waals surface area contributed by atoms with Crippen molar-refractivity contribution in [3.63, 3.8) is 0 Å². The first-order valence-corrected chi connectivity index (χ1v) is 13.5. The van der Waals surface area contributed by atoms with Crippen LogP contribution in [-0.4, -0.2) is 57.6 Å². The van der Waals surface area contributed by atoms with Crippen LogP contribution >= 0.6 is 0 Å². The molecule has 0 aliphatic rings. The van der Waals surface area contributed by atoms with Crippen molar-refractivity contribution in [3.05, 3.63) is 59.7 Å². The maximum atomic E-state index is 13.2. The van der Waals surface area contributed by atoms with Gasteiger partial charge in [-0.05, 0) is 56.2 Å². The van der Waals surface area contributed by atoms with Crippen molar-refractivity contribution < 1.29 is 35.9 Å². The van der Waals surface area contributed by atoms with Crippen molar-refractivity contribution in [2.75, 3.05) is 30.8 Å². The summed E-state index contributed by atoms with van der Waals surface area (Å²) in [6.07, 6.45) is -3.84. The van der Waals surface area contributed by atoms with E-state index < -0.39 is 33.7 Å². The number of carbonyl (C=O) groups excluding carboxylic acids is 2. The first kappa shape index (κ1) is 29.9. The lowest BCUT2D eigenvalue weighted by molar-refractivity contribution is -0.140. The Kier molecular flexibility index (Phi) is 10.4. The third-order valence-electron chi connectivity index (χ3n) is 5.62. The number of amides is 2. The second-order valence-electron chi connectivity index (χ2n) is 8.43. The number of alkyl halides is 3. The van der Waals surface area contributed by atoms with Crippen molar-refractivity contribution in [1.82, 2.24) is 10.2 Å². The van der Waals surface area contributed by atoms with E-state index in [4.69, 9.17) is 4.74 Å². The standard InChI is InChI=1S/C25H32F3N3O5S/c1-5-29-24(33)18(2)30(17-19-9-6-12-22(15-19)36-3)23(32)13-8-14-31(37(4,34)35)21-11-7-10-20(16-21)25(26,27)28/h6-7,9-12,15-16,18H,5,8,13-14,17H2,1-4H3,(H,29,33)/t18-/m1/s1. The first-order valence-electron chi connectivity index (χ1n) is 11.6. The summed E-state index contributed by atoms with van der Waals surface area (Å²) >= 11 is 0. The molecule has 0 spiro atoms. The van der Waals surface area contributed by atoms with Gasteiger partial charge in [0.1, 0.15) is 11.8 Å². The van der Waals surface area contributed by atoms with Gasteiger partial charge in [-0.25, -0.2) is 8.42 Å². The molecule has 12 heteroatoms. The fraction of sp³-hybridized carbons (Fsp3) is 0.440. The highest BCUT2D eigenvalue weighted by molar-refractivity contribution is 7.92. The maximum absolute atomic E-state index is 13.2. The number of nitrogens with one attached hydrogen (secondary N) is 1. The third-order valence-corrected chi connectivity index (χ3v) is 6.81. The molecular formula is C25H32F3N3O5S. The lowest BCUT2D eigenvalue weighted by Crippen LogP contribution is -2.47. The molecule has 1 N–H and O–H groups in total. The normalized spacial score (nSPS) is 12.5. The number of likely N-dealkylation sites (N-methyl/N-ethyl adjacent to an activating group) is 1. The third kappa shape index (κ3) is 8.66. The summed E-state index contributed by atoms with van der Waals surface area (Å²) < 4.78 is 70.2. The fourth-order valence-corrected chi connectivity index (χ4v) is 4.67. The van der Waals surface area contributed by atoms with Gasteiger partial charge in [-0.3, -0.25) is 13.9 Å². The summed E-state index contributed by atoms with van der Waals surface area (Å²) in [5, 5.41) is 2.69. The lowest BCUT2D eigenvalue weighted by Gasteiger charge is -2.29. The molecule has 0 aliphatic carbocycles. The van der Waals surface area contributed by atoms with Gasteiger partial charge in [0, 0.05) is 26.1 Å². The highest BCUT2D eigenvalue weighted by Gasteiger charge is 2.32. The molecule has 0 saturated carbocycles. The van der Waals surface area contributed by atoms with E-state index in [1.54, 1.807) is 38.1 Å². The second-order valence-corrected chi connectivity index (χ2v) is 10.3. The summed E-state index contributed by atoms with van der Waals surface area (Å²) in [4.78, 5) is 27.1. The molecule has 0 bridgehead atoms. The molecule has 2 aromatic carbocycles. The van der Waals surface area contributed by atoms with E-state index in [1.807, 2.05) is 0 Å². The maximum Gasteiger partial charge on any atom is 0.416 e. The molecule has 0 saturated heterocycles. The van der Waals surface area contributed by atoms with Crippen LogP contribution in [0, 0.1) is 0 Å². The number of halogens is 3. The average Bonchev–Trinajstić information content (AvgIpc) is 2.83. The molecule has 1 atom stereocenters. The molecule has 0 heterocycles. The van der Waals surface area contributed by atoms with Gasteiger partial charge in [-0.15, -0.1) is 0 Å². The van der Waals surface area contributed by atoms with E-state index in [2.05, 4.69) is 5.32 Å². The number of ether oxygens (including phenoxy) is 1. The van der Waals surface area contributed by atoms with Gasteiger partial charge in [-0.1, -0.05) is 18.2 Å². The van der Waals surface area contributed by atoms with E-state index in [9.17, 15) is 31.2 Å². The molecule has 37 heavy (non-hydrogen) atoms. The number of hydrogen-bond donors (Lipinski definition) is 1. The van der Waals surface area contributed by atoms with Crippen LogP contribution in [0.5, 0.6) is 5.75 Å². The summed E-state index contributed by atoms with van der Waals surface area (Å²) in [6.45, 7) is 3.62. The molecule has 204 valence electrons. The van der Waals surface area contributed by atoms with Crippen LogP contribution in [0.3, 0.4) is 0 Å². The van der Waals surface area contributed by atoms with E-state index >= 15 is 0 Å². The zero-order valence-corrected chi connectivity index (χ0v) is 22.0. The molecular weight excluding hydrogens is 511 g/mol. The Bertz CT molecular complexity index is 1190. The number of nitrogens with zero attached hydrogens (tertiary/aromatic N) is 2. The Labute approximate surface area is 215 Å². The number of anilines is 1. The van der Waals surface area contributed by atoms with Crippen LogP contribution in [0.25, 0.3) is 0 Å². The molecule has 2 aromatic rings. The van der Waals surface area contributed by atoms with Gasteiger partial charge in [0.25, 0.3) is 0 Å². The van der Waals surface area contributed by atoms with Crippen molar-refractivity contribution >= 4 is 27.5 Å². The average molecular weight is 544 g/mol. The minimum atomic E-state index is -4.63. The molecule has 0 fully saturated rings. The topological polar surface area (TPSA) is 96.0 Å². The van der Waals surface area contributed by atoms with Crippen molar-refractivity contribution in [2.45, 2.75) is 45.5 Å². The zero-order chi connectivity index (χ0) is 27.8. The van der Waals surface area contributed by atoms with E-state index in [-0.39, 0.29) is 37.5 Å². The van der Waals surface area contributed by atoms with E-state index in [0.29, 0.717) is 12.3 Å². The molecule has 2 rings (SSSR count). The largest absolute Gasteiger partial charge is 0.497 e. The van der Waals surface area contributed by atoms with Gasteiger partial charge in [0.05, 0.1) is 24.6 Å². The number of carbonyl (C=O) groups is 2. The Balaban J connectivity index is 2.22. The van der Waals surface area contributed by atoms with Gasteiger partial charge in [-0.2, -0.15) is 13.2 Å². The summed E-state index contributed by atoms with van der Waals surface area (Å²) in [7, 11) is -2.42. The lowest BCUT2D eigenvalue weighted by atomic mass is 10.1. The number of methoxy groups -OCH3 is 1. The molecule has 2 amide bonds. The Morgan fingerprint density at radius 3 is 2.38 bits per heavy atom. The van der Waals surface area contributed by atoms with Crippen LogP contribution in [0.2, 0.25) is 0 Å². The Hall–Kier alpha value is -3.28. The number of benzene rings is 2. The first-order chi connectivity index (χ1) is 17.3. The molecule has 0 aromatic heterocycles. The minimum Gasteiger partial charge on any atom is -0.497 e. The quantitative estimate of drug-likeness (QED) is 0.439. The van der Waals surface area contributed by atoms with Crippen LogP contribution in [0.4, 0.5) is 18.9 Å². The van der Waals surface area contributed by atoms with Crippen LogP contribution < -0.4 is 14.4 Å². The number of sulfonamides is 1. The zero-order valence-electron chi connectivity index (χ0n) is 21.2. The second kappa shape index (κ2) is 12.8. The summed E-state index contributed by atoms with van der Waals surface area (Å²) in [5.41, 5.74) is -0.394. The van der Waals surface area contributed by atoms with Gasteiger partial charge in [0.15, 0.2) is 0 Å².